The van der Waals surface area contributed by atoms with Gasteiger partial charge < -0.3 is 62.0 Å². The molecular weight excluding hydrogens is 1260 g/mol. The van der Waals surface area contributed by atoms with Gasteiger partial charge in [-0.1, -0.05) is 31.7 Å². The Balaban J connectivity index is 0.000000375. The summed E-state index contributed by atoms with van der Waals surface area (Å²) in [5.41, 5.74) is 1.35. The maximum Gasteiger partial charge on any atom is 1.00 e. The van der Waals surface area contributed by atoms with E-state index in [-0.39, 0.29) is 158 Å². The summed E-state index contributed by atoms with van der Waals surface area (Å²) in [6.45, 7) is 19.6. The van der Waals surface area contributed by atoms with Gasteiger partial charge in [-0.3, -0.25) is 34.8 Å². The monoisotopic (exact) mass is 1340 g/mol. The second kappa shape index (κ2) is 37.5. The Morgan fingerprint density at radius 3 is 1.41 bits per heavy atom. The fraction of sp³-hybridized carbons (Fsp3) is 0.431. The van der Waals surface area contributed by atoms with E-state index < -0.39 is 42.3 Å². The van der Waals surface area contributed by atoms with Gasteiger partial charge in [0.25, 0.3) is 12.2 Å². The van der Waals surface area contributed by atoms with E-state index in [0.717, 1.165) is 82.7 Å². The average Bonchev–Trinajstić information content (AvgIpc) is 2.80. The molecule has 0 aliphatic carbocycles. The van der Waals surface area contributed by atoms with Crippen LogP contribution in [0.4, 0.5) is 76.5 Å². The normalized spacial score (nSPS) is 16.0. The van der Waals surface area contributed by atoms with Crippen molar-refractivity contribution >= 4 is 94.7 Å². The molecule has 0 saturated carbocycles. The first kappa shape index (κ1) is 78.0. The third-order valence-electron chi connectivity index (χ3n) is 15.1. The van der Waals surface area contributed by atoms with Gasteiger partial charge in [-0.2, -0.15) is 14.4 Å². The quantitative estimate of drug-likeness (QED) is 0.0231. The van der Waals surface area contributed by atoms with E-state index >= 15 is 0 Å². The summed E-state index contributed by atoms with van der Waals surface area (Å²) < 4.78 is 67.5. The average molecular weight is 1340 g/mol. The van der Waals surface area contributed by atoms with Crippen molar-refractivity contribution in [3.63, 3.8) is 0 Å². The number of anilines is 9. The molecule has 32 heteroatoms. The van der Waals surface area contributed by atoms with Crippen LogP contribution in [-0.4, -0.2) is 187 Å². The minimum absolute atomic E-state index is 0. The first-order chi connectivity index (χ1) is 41.5. The third kappa shape index (κ3) is 23.3. The molecule has 4 aliphatic heterocycles. The standard InChI is InChI=1S/C28H36FN8O3P.C18H16F2N5O3P.C10H21N3.CH2O3.CH4.2K.H/c1-34-14-16-35(17-15-34)21-10-12-36(13-11-21)24-9-8-20(18-25(24)37(38)39)31-28-30-19-22(29)27(33-28)32-23-6-4-5-7-26(23)41(2,3)40;1-29(2,28)16-6-4-3-5-14(16)23-17-13(20)10-21-18(24-17)22-11-7-8-12(19)15(9-11)25(26)27;1-12-6-8-13(9-7-12)10-2-4-11-5-3-10;2-1-4-3;;;;/h4-9,18-19,21H,10-17H2,1-3H3,(H2,30,31,32,33);3-10H,1-2H3,(H2,21,22,23,24);10-11H,2-9H2,1H3;1,3H;1H4;;;/q;;;;;2*+1;-1/p-1. The number of rotatable bonds is 16. The molecule has 4 fully saturated rings. The Bertz CT molecular complexity index is 3420. The first-order valence-electron chi connectivity index (χ1n) is 28.2. The van der Waals surface area contributed by atoms with Crippen LogP contribution in [0.25, 0.3) is 0 Å². The summed E-state index contributed by atoms with van der Waals surface area (Å²) in [6, 6.07) is 23.2. The van der Waals surface area contributed by atoms with Crippen molar-refractivity contribution in [1.29, 1.82) is 0 Å². The number of halogens is 3. The second-order valence-corrected chi connectivity index (χ2v) is 28.3. The number of nitrogens with one attached hydrogen (secondary N) is 5. The van der Waals surface area contributed by atoms with Gasteiger partial charge in [0.1, 0.15) is 20.0 Å². The Morgan fingerprint density at radius 1 is 0.600 bits per heavy atom. The van der Waals surface area contributed by atoms with Crippen molar-refractivity contribution in [3.8, 4) is 0 Å². The van der Waals surface area contributed by atoms with Crippen LogP contribution in [0.3, 0.4) is 0 Å². The molecule has 10 rings (SSSR count). The molecule has 0 unspecified atom stereocenters. The number of aromatic nitrogens is 4. The van der Waals surface area contributed by atoms with Gasteiger partial charge in [0.05, 0.1) is 33.6 Å². The topological polar surface area (TPSA) is 298 Å². The Morgan fingerprint density at radius 2 is 1.00 bits per heavy atom. The molecule has 4 saturated heterocycles. The number of nitro groups is 2. The van der Waals surface area contributed by atoms with Crippen molar-refractivity contribution in [2.24, 2.45) is 0 Å². The molecule has 5 N–H and O–H groups in total. The molecule has 6 heterocycles. The van der Waals surface area contributed by atoms with Crippen molar-refractivity contribution < 1.29 is 151 Å². The zero-order chi connectivity index (χ0) is 62.8. The van der Waals surface area contributed by atoms with Gasteiger partial charge >= 0.3 is 108 Å². The number of carbonyl (C=O) groups is 1. The third-order valence-corrected chi connectivity index (χ3v) is 18.2. The van der Waals surface area contributed by atoms with E-state index in [1.807, 2.05) is 0 Å². The molecule has 0 amide bonds. The van der Waals surface area contributed by atoms with E-state index in [4.69, 9.17) is 10.1 Å². The van der Waals surface area contributed by atoms with Crippen molar-refractivity contribution in [2.75, 3.05) is 145 Å². The largest absolute Gasteiger partial charge is 1.00 e. The number of nitro benzene ring substituents is 2. The van der Waals surface area contributed by atoms with E-state index in [0.29, 0.717) is 39.4 Å². The van der Waals surface area contributed by atoms with Gasteiger partial charge in [-0.05, 0) is 128 Å². The van der Waals surface area contributed by atoms with Gasteiger partial charge in [0, 0.05) is 112 Å². The van der Waals surface area contributed by atoms with Crippen LogP contribution < -0.4 is 150 Å². The number of benzene rings is 4. The van der Waals surface area contributed by atoms with Gasteiger partial charge in [0.2, 0.25) is 17.7 Å². The van der Waals surface area contributed by atoms with E-state index in [2.05, 4.69) is 90.0 Å². The summed E-state index contributed by atoms with van der Waals surface area (Å²) in [6.07, 6.45) is 6.57. The predicted octanol–water partition coefficient (Wildman–Crippen LogP) is 2.05. The molecule has 0 spiro atoms. The Kier molecular flexibility index (Phi) is 32.5. The number of nitrogens with zero attached hydrogens (tertiary/aromatic N) is 11. The van der Waals surface area contributed by atoms with Crippen molar-refractivity contribution in [1.82, 2.24) is 44.9 Å². The van der Waals surface area contributed by atoms with Crippen molar-refractivity contribution in [2.45, 2.75) is 45.2 Å². The van der Waals surface area contributed by atoms with Crippen LogP contribution in [-0.2, 0) is 18.8 Å². The number of likely N-dealkylation sites (N-methyl/N-ethyl adjacent to an activating group) is 2. The molecule has 0 bridgehead atoms. The number of piperidine rings is 2. The van der Waals surface area contributed by atoms with Crippen LogP contribution in [0.1, 0.15) is 34.5 Å². The SMILES string of the molecule is C.CN1CCN(C2CCN(c3ccc(Nc4ncc(F)c(Nc5ccccc5P(C)(C)=O)n4)cc3[N+](=O)[O-])CC2)CC1.CN1CCN(C2CCNCC2)CC1.CP(C)(=O)c1ccccc1Nc1nc(Nc2ccc(F)c([N+](=O)[O-])c2)ncc1F.O=CO[O-].[H-].[K+].[K+]. The molecule has 90 heavy (non-hydrogen) atoms. The van der Waals surface area contributed by atoms with Crippen LogP contribution >= 0.6 is 14.3 Å². The fourth-order valence-corrected chi connectivity index (χ4v) is 12.7. The number of hydrogen-bond acceptors (Lipinski definition) is 23. The molecule has 6 aromatic rings. The van der Waals surface area contributed by atoms with E-state index in [9.17, 15) is 42.5 Å². The van der Waals surface area contributed by atoms with Crippen molar-refractivity contribution in [3.05, 3.63) is 135 Å². The molecule has 25 nitrogen and oxygen atoms in total. The fourth-order valence-electron chi connectivity index (χ4n) is 10.4. The second-order valence-electron chi connectivity index (χ2n) is 22.0. The zero-order valence-corrected chi connectivity index (χ0v) is 59.4. The van der Waals surface area contributed by atoms with Crippen LogP contribution in [0, 0.1) is 37.7 Å². The molecule has 2 aromatic heterocycles. The number of hydrogen-bond donors (Lipinski definition) is 5. The minimum atomic E-state index is -2.64. The molecule has 4 aromatic carbocycles. The molecule has 478 valence electrons. The van der Waals surface area contributed by atoms with Crippen LogP contribution in [0.5, 0.6) is 0 Å². The minimum Gasteiger partial charge on any atom is -1.00 e. The smallest absolute Gasteiger partial charge is 1.00 e. The first-order valence-corrected chi connectivity index (χ1v) is 33.4. The van der Waals surface area contributed by atoms with Crippen LogP contribution in [0.15, 0.2) is 97.3 Å². The number of para-hydroxylation sites is 2. The molecule has 0 radical (unpaired) electrons. The summed E-state index contributed by atoms with van der Waals surface area (Å²) >= 11 is 0. The van der Waals surface area contributed by atoms with Gasteiger partial charge in [-0.25, -0.2) is 18.7 Å². The Labute approximate surface area is 609 Å². The predicted molar refractivity (Wildman–Crippen MR) is 339 cm³/mol. The molecule has 0 atom stereocenters. The zero-order valence-electron chi connectivity index (χ0n) is 52.4. The summed E-state index contributed by atoms with van der Waals surface area (Å²) in [5.74, 6) is -2.70. The molecule has 4 aliphatic rings. The van der Waals surface area contributed by atoms with E-state index in [1.165, 1.54) is 64.2 Å². The maximum atomic E-state index is 14.6. The van der Waals surface area contributed by atoms with Gasteiger partial charge in [0.15, 0.2) is 23.3 Å². The maximum absolute atomic E-state index is 14.6. The summed E-state index contributed by atoms with van der Waals surface area (Å²) in [5, 5.41) is 47.2. The van der Waals surface area contributed by atoms with E-state index in [1.54, 1.807) is 87.3 Å². The Hall–Kier alpha value is -4.41. The summed E-state index contributed by atoms with van der Waals surface area (Å²) in [4.78, 5) is 61.1. The number of carbonyl (C=O) groups excluding carboxylic acids is 1. The molecular formula is C58H79F3K2N16O9P2. The van der Waals surface area contributed by atoms with Crippen LogP contribution in [0.2, 0.25) is 0 Å². The summed E-state index contributed by atoms with van der Waals surface area (Å²) in [7, 11) is -0.904. The van der Waals surface area contributed by atoms with Gasteiger partial charge in [-0.15, -0.1) is 0 Å². The number of piperazine rings is 2.